The standard InChI is InChI=1S/C20H14N4O3.C8H18O/c25-15-9-21-19(22-10-15)13-1-5-17(6-2-13)27-18-7-3-14(4-8-18)20-23-11-16(26)12-24-20;1-3-5-7-9-8-6-4-2/h1-12,25-26H;3-8H2,1-2H3. The lowest BCUT2D eigenvalue weighted by Crippen LogP contribution is -1.95. The van der Waals surface area contributed by atoms with Crippen LogP contribution in [0.1, 0.15) is 39.5 Å². The zero-order valence-corrected chi connectivity index (χ0v) is 20.7. The summed E-state index contributed by atoms with van der Waals surface area (Å²) >= 11 is 0. The number of unbranched alkanes of at least 4 members (excludes halogenated alkanes) is 2. The smallest absolute Gasteiger partial charge is 0.159 e. The van der Waals surface area contributed by atoms with Crippen LogP contribution in [-0.2, 0) is 4.74 Å². The van der Waals surface area contributed by atoms with Crippen LogP contribution in [-0.4, -0.2) is 43.4 Å². The number of aromatic hydroxyl groups is 2. The second-order valence-corrected chi connectivity index (χ2v) is 8.00. The fourth-order valence-corrected chi connectivity index (χ4v) is 3.02. The molecule has 0 aliphatic carbocycles. The van der Waals surface area contributed by atoms with Crippen molar-refractivity contribution in [1.29, 1.82) is 0 Å². The molecular weight excluding hydrogens is 456 g/mol. The zero-order chi connectivity index (χ0) is 25.6. The van der Waals surface area contributed by atoms with E-state index in [4.69, 9.17) is 9.47 Å². The van der Waals surface area contributed by atoms with Gasteiger partial charge in [-0.15, -0.1) is 0 Å². The molecule has 0 radical (unpaired) electrons. The number of hydrogen-bond donors (Lipinski definition) is 2. The van der Waals surface area contributed by atoms with E-state index in [9.17, 15) is 10.2 Å². The third-order valence-electron chi connectivity index (χ3n) is 5.02. The maximum absolute atomic E-state index is 9.25. The van der Waals surface area contributed by atoms with Crippen LogP contribution in [0.5, 0.6) is 23.0 Å². The topological polar surface area (TPSA) is 110 Å². The van der Waals surface area contributed by atoms with Crippen LogP contribution in [0.25, 0.3) is 22.8 Å². The Bertz CT molecular complexity index is 1060. The quantitative estimate of drug-likeness (QED) is 0.246. The monoisotopic (exact) mass is 488 g/mol. The number of rotatable bonds is 10. The summed E-state index contributed by atoms with van der Waals surface area (Å²) in [4.78, 5) is 16.3. The van der Waals surface area contributed by atoms with Gasteiger partial charge in [-0.1, -0.05) is 26.7 Å². The summed E-state index contributed by atoms with van der Waals surface area (Å²) in [5.74, 6) is 2.45. The molecule has 2 aromatic heterocycles. The molecule has 188 valence electrons. The van der Waals surface area contributed by atoms with E-state index in [0.29, 0.717) is 23.1 Å². The minimum Gasteiger partial charge on any atom is -0.505 e. The third kappa shape index (κ3) is 8.63. The minimum absolute atomic E-state index is 0.0276. The minimum atomic E-state index is 0.0276. The Labute approximate surface area is 211 Å². The average Bonchev–Trinajstić information content (AvgIpc) is 2.91. The highest BCUT2D eigenvalue weighted by Gasteiger charge is 2.05. The molecule has 8 nitrogen and oxygen atoms in total. The van der Waals surface area contributed by atoms with E-state index in [2.05, 4.69) is 33.8 Å². The Morgan fingerprint density at radius 3 is 1.28 bits per heavy atom. The highest BCUT2D eigenvalue weighted by atomic mass is 16.5. The maximum Gasteiger partial charge on any atom is 0.159 e. The van der Waals surface area contributed by atoms with E-state index < -0.39 is 0 Å². The van der Waals surface area contributed by atoms with Gasteiger partial charge in [0.2, 0.25) is 0 Å². The molecule has 0 amide bonds. The SMILES string of the molecule is CCCCOCCCC.Oc1cnc(-c2ccc(Oc3ccc(-c4ncc(O)cn4)cc3)cc2)nc1. The van der Waals surface area contributed by atoms with Gasteiger partial charge in [-0.05, 0) is 61.4 Å². The molecule has 0 unspecified atom stereocenters. The van der Waals surface area contributed by atoms with Crippen molar-refractivity contribution in [3.63, 3.8) is 0 Å². The fourth-order valence-electron chi connectivity index (χ4n) is 3.02. The van der Waals surface area contributed by atoms with Crippen LogP contribution in [0.4, 0.5) is 0 Å². The maximum atomic E-state index is 9.25. The molecule has 0 saturated carbocycles. The van der Waals surface area contributed by atoms with E-state index in [0.717, 1.165) is 24.3 Å². The first kappa shape index (κ1) is 26.6. The molecule has 0 spiro atoms. The van der Waals surface area contributed by atoms with Crippen molar-refractivity contribution >= 4 is 0 Å². The van der Waals surface area contributed by atoms with E-state index in [1.165, 1.54) is 50.5 Å². The van der Waals surface area contributed by atoms with E-state index >= 15 is 0 Å². The predicted molar refractivity (Wildman–Crippen MR) is 139 cm³/mol. The van der Waals surface area contributed by atoms with Crippen molar-refractivity contribution in [3.8, 4) is 45.8 Å². The Hall–Kier alpha value is -4.04. The van der Waals surface area contributed by atoms with Crippen LogP contribution in [0.3, 0.4) is 0 Å². The Morgan fingerprint density at radius 1 is 0.583 bits per heavy atom. The molecule has 2 heterocycles. The van der Waals surface area contributed by atoms with Crippen molar-refractivity contribution < 1.29 is 19.7 Å². The van der Waals surface area contributed by atoms with Crippen LogP contribution >= 0.6 is 0 Å². The summed E-state index contributed by atoms with van der Waals surface area (Å²) in [5, 5.41) is 18.5. The average molecular weight is 489 g/mol. The Kier molecular flexibility index (Phi) is 10.6. The molecule has 4 aromatic rings. The molecule has 0 fully saturated rings. The van der Waals surface area contributed by atoms with Crippen molar-refractivity contribution in [1.82, 2.24) is 19.9 Å². The lowest BCUT2D eigenvalue weighted by Gasteiger charge is -2.07. The molecule has 0 atom stereocenters. The summed E-state index contributed by atoms with van der Waals surface area (Å²) in [6, 6.07) is 14.7. The molecule has 4 rings (SSSR count). The van der Waals surface area contributed by atoms with Crippen molar-refractivity contribution in [2.75, 3.05) is 13.2 Å². The number of hydrogen-bond acceptors (Lipinski definition) is 8. The Balaban J connectivity index is 0.000000345. The van der Waals surface area contributed by atoms with Crippen LogP contribution in [0.15, 0.2) is 73.3 Å². The van der Waals surface area contributed by atoms with Crippen molar-refractivity contribution in [2.45, 2.75) is 39.5 Å². The molecule has 0 aliphatic rings. The fraction of sp³-hybridized carbons (Fsp3) is 0.286. The number of ether oxygens (including phenoxy) is 2. The van der Waals surface area contributed by atoms with Crippen molar-refractivity contribution in [3.05, 3.63) is 73.3 Å². The van der Waals surface area contributed by atoms with Gasteiger partial charge in [-0.3, -0.25) is 0 Å². The van der Waals surface area contributed by atoms with Crippen LogP contribution in [0, 0.1) is 0 Å². The van der Waals surface area contributed by atoms with Gasteiger partial charge in [0, 0.05) is 24.3 Å². The second-order valence-electron chi connectivity index (χ2n) is 8.00. The molecule has 0 bridgehead atoms. The Morgan fingerprint density at radius 2 is 0.944 bits per heavy atom. The predicted octanol–water partition coefficient (Wildman–Crippen LogP) is 6.41. The van der Waals surface area contributed by atoms with Gasteiger partial charge in [0.05, 0.1) is 24.8 Å². The molecule has 8 heteroatoms. The van der Waals surface area contributed by atoms with Gasteiger partial charge in [0.1, 0.15) is 11.5 Å². The van der Waals surface area contributed by atoms with Gasteiger partial charge in [0.15, 0.2) is 23.1 Å². The van der Waals surface area contributed by atoms with Gasteiger partial charge >= 0.3 is 0 Å². The molecule has 2 N–H and O–H groups in total. The van der Waals surface area contributed by atoms with Crippen molar-refractivity contribution in [2.24, 2.45) is 0 Å². The van der Waals surface area contributed by atoms with E-state index in [1.54, 1.807) is 0 Å². The van der Waals surface area contributed by atoms with Gasteiger partial charge in [0.25, 0.3) is 0 Å². The van der Waals surface area contributed by atoms with Crippen LogP contribution < -0.4 is 4.74 Å². The zero-order valence-electron chi connectivity index (χ0n) is 20.7. The third-order valence-corrected chi connectivity index (χ3v) is 5.02. The largest absolute Gasteiger partial charge is 0.505 e. The van der Waals surface area contributed by atoms with Gasteiger partial charge in [-0.2, -0.15) is 0 Å². The summed E-state index contributed by atoms with van der Waals surface area (Å²) in [7, 11) is 0. The van der Waals surface area contributed by atoms with E-state index in [-0.39, 0.29) is 11.5 Å². The number of benzene rings is 2. The van der Waals surface area contributed by atoms with Crippen LogP contribution in [0.2, 0.25) is 0 Å². The molecular formula is C28H32N4O4. The first-order valence-electron chi connectivity index (χ1n) is 12.1. The highest BCUT2D eigenvalue weighted by Crippen LogP contribution is 2.26. The first-order chi connectivity index (χ1) is 17.6. The lowest BCUT2D eigenvalue weighted by atomic mass is 10.2. The van der Waals surface area contributed by atoms with Gasteiger partial charge in [-0.25, -0.2) is 19.9 Å². The van der Waals surface area contributed by atoms with E-state index in [1.807, 2.05) is 48.5 Å². The number of nitrogens with zero attached hydrogens (tertiary/aromatic N) is 4. The number of aromatic nitrogens is 4. The molecule has 2 aromatic carbocycles. The van der Waals surface area contributed by atoms with Gasteiger partial charge < -0.3 is 19.7 Å². The summed E-state index contributed by atoms with van der Waals surface area (Å²) in [5.41, 5.74) is 1.64. The summed E-state index contributed by atoms with van der Waals surface area (Å²) in [6.45, 7) is 6.28. The summed E-state index contributed by atoms with van der Waals surface area (Å²) in [6.07, 6.45) is 10.3. The molecule has 36 heavy (non-hydrogen) atoms. The summed E-state index contributed by atoms with van der Waals surface area (Å²) < 4.78 is 11.2. The molecule has 0 aliphatic heterocycles. The first-order valence-corrected chi connectivity index (χ1v) is 12.1. The second kappa shape index (κ2) is 14.4. The lowest BCUT2D eigenvalue weighted by molar-refractivity contribution is 0.128. The normalized spacial score (nSPS) is 10.4. The highest BCUT2D eigenvalue weighted by molar-refractivity contribution is 5.58. The molecule has 0 saturated heterocycles.